The summed E-state index contributed by atoms with van der Waals surface area (Å²) in [6.45, 7) is 1.40. The van der Waals surface area contributed by atoms with Crippen molar-refractivity contribution >= 4 is 23.6 Å². The Balaban J connectivity index is 2.04. The third-order valence-electron chi connectivity index (χ3n) is 4.05. The fourth-order valence-corrected chi connectivity index (χ4v) is 2.72. The number of carbonyl (C=O) groups excluding carboxylic acids is 1. The van der Waals surface area contributed by atoms with Crippen molar-refractivity contribution < 1.29 is 29.6 Å². The van der Waals surface area contributed by atoms with E-state index in [0.29, 0.717) is 5.02 Å². The molecule has 1 saturated heterocycles. The topological polar surface area (TPSA) is 108 Å². The van der Waals surface area contributed by atoms with Crippen LogP contribution in [0.25, 0.3) is 6.08 Å². The largest absolute Gasteiger partial charge is 0.394 e. The SMILES string of the molecule is COC1OC(CO)C(O)C(O)C1NC(=O)C=Cc1ccc(C)c(Cl)c1. The summed E-state index contributed by atoms with van der Waals surface area (Å²) in [5, 5.41) is 32.4. The molecule has 0 spiro atoms. The van der Waals surface area contributed by atoms with Crippen molar-refractivity contribution in [1.29, 1.82) is 0 Å². The van der Waals surface area contributed by atoms with E-state index in [9.17, 15) is 15.0 Å². The second-order valence-electron chi connectivity index (χ2n) is 5.82. The molecule has 1 aromatic rings. The molecule has 1 aromatic carbocycles. The molecule has 0 aromatic heterocycles. The van der Waals surface area contributed by atoms with Gasteiger partial charge in [0.2, 0.25) is 5.91 Å². The maximum atomic E-state index is 12.1. The van der Waals surface area contributed by atoms with Gasteiger partial charge in [-0.1, -0.05) is 23.7 Å². The number of aryl methyl sites for hydroxylation is 1. The summed E-state index contributed by atoms with van der Waals surface area (Å²) < 4.78 is 10.4. The molecule has 2 rings (SSSR count). The number of aliphatic hydroxyl groups is 3. The lowest BCUT2D eigenvalue weighted by Crippen LogP contribution is -2.64. The molecule has 7 nitrogen and oxygen atoms in total. The van der Waals surface area contributed by atoms with E-state index in [-0.39, 0.29) is 0 Å². The van der Waals surface area contributed by atoms with E-state index in [0.717, 1.165) is 11.1 Å². The van der Waals surface area contributed by atoms with Crippen LogP contribution in [-0.2, 0) is 14.3 Å². The molecule has 1 fully saturated rings. The summed E-state index contributed by atoms with van der Waals surface area (Å²) in [5.74, 6) is -0.499. The van der Waals surface area contributed by atoms with Crippen LogP contribution in [-0.4, -0.2) is 65.6 Å². The monoisotopic (exact) mass is 371 g/mol. The van der Waals surface area contributed by atoms with E-state index in [1.807, 2.05) is 19.1 Å². The number of nitrogens with one attached hydrogen (secondary N) is 1. The molecular formula is C17H22ClNO6. The number of aliphatic hydroxyl groups excluding tert-OH is 3. The predicted octanol–water partition coefficient (Wildman–Crippen LogP) is 0.232. The molecule has 1 heterocycles. The zero-order chi connectivity index (χ0) is 18.6. The first-order valence-corrected chi connectivity index (χ1v) is 8.15. The van der Waals surface area contributed by atoms with Crippen molar-refractivity contribution in [2.75, 3.05) is 13.7 Å². The average molecular weight is 372 g/mol. The summed E-state index contributed by atoms with van der Waals surface area (Å²) in [5.41, 5.74) is 1.68. The fraction of sp³-hybridized carbons (Fsp3) is 0.471. The number of rotatable bonds is 5. The average Bonchev–Trinajstić information content (AvgIpc) is 2.60. The normalized spacial score (nSPS) is 29.8. The van der Waals surface area contributed by atoms with Crippen molar-refractivity contribution in [3.8, 4) is 0 Å². The van der Waals surface area contributed by atoms with Gasteiger partial charge in [0.25, 0.3) is 0 Å². The van der Waals surface area contributed by atoms with E-state index in [1.165, 1.54) is 13.2 Å². The number of benzene rings is 1. The fourth-order valence-electron chi connectivity index (χ4n) is 2.53. The van der Waals surface area contributed by atoms with Gasteiger partial charge in [-0.25, -0.2) is 0 Å². The Bertz CT molecular complexity index is 636. The van der Waals surface area contributed by atoms with Gasteiger partial charge >= 0.3 is 0 Å². The molecule has 8 heteroatoms. The standard InChI is InChI=1S/C17H22ClNO6/c1-9-3-4-10(7-11(9)18)5-6-13(21)19-14-16(23)15(22)12(8-20)25-17(14)24-2/h3-7,12,14-17,20,22-23H,8H2,1-2H3,(H,19,21). The van der Waals surface area contributed by atoms with Gasteiger partial charge in [-0.15, -0.1) is 0 Å². The molecular weight excluding hydrogens is 350 g/mol. The molecule has 0 saturated carbocycles. The van der Waals surface area contributed by atoms with Crippen LogP contribution in [0.1, 0.15) is 11.1 Å². The van der Waals surface area contributed by atoms with Crippen LogP contribution in [0.2, 0.25) is 5.02 Å². The minimum Gasteiger partial charge on any atom is -0.394 e. The Morgan fingerprint density at radius 1 is 1.40 bits per heavy atom. The number of amides is 1. The Hall–Kier alpha value is -1.48. The first-order chi connectivity index (χ1) is 11.9. The first-order valence-electron chi connectivity index (χ1n) is 7.77. The van der Waals surface area contributed by atoms with E-state index in [1.54, 1.807) is 12.1 Å². The molecule has 5 atom stereocenters. The molecule has 5 unspecified atom stereocenters. The van der Waals surface area contributed by atoms with Crippen molar-refractivity contribution in [3.63, 3.8) is 0 Å². The maximum absolute atomic E-state index is 12.1. The van der Waals surface area contributed by atoms with E-state index in [2.05, 4.69) is 5.32 Å². The van der Waals surface area contributed by atoms with Crippen molar-refractivity contribution in [1.82, 2.24) is 5.32 Å². The molecule has 1 aliphatic rings. The summed E-state index contributed by atoms with van der Waals surface area (Å²) in [4.78, 5) is 12.1. The highest BCUT2D eigenvalue weighted by Gasteiger charge is 2.44. The zero-order valence-electron chi connectivity index (χ0n) is 13.9. The lowest BCUT2D eigenvalue weighted by atomic mass is 9.97. The number of halogens is 1. The van der Waals surface area contributed by atoms with Crippen LogP contribution in [0.3, 0.4) is 0 Å². The van der Waals surface area contributed by atoms with Crippen LogP contribution in [0, 0.1) is 6.92 Å². The smallest absolute Gasteiger partial charge is 0.244 e. The van der Waals surface area contributed by atoms with E-state index in [4.69, 9.17) is 26.2 Å². The van der Waals surface area contributed by atoms with E-state index < -0.39 is 43.2 Å². The molecule has 1 amide bonds. The summed E-state index contributed by atoms with van der Waals surface area (Å²) in [6, 6.07) is 4.40. The van der Waals surface area contributed by atoms with Gasteiger partial charge in [-0.3, -0.25) is 4.79 Å². The second kappa shape index (κ2) is 8.75. The van der Waals surface area contributed by atoms with Crippen LogP contribution >= 0.6 is 11.6 Å². The Kier molecular flexibility index (Phi) is 6.95. The molecule has 0 aliphatic carbocycles. The second-order valence-corrected chi connectivity index (χ2v) is 6.23. The minimum absolute atomic E-state index is 0.479. The number of methoxy groups -OCH3 is 1. The van der Waals surface area contributed by atoms with Crippen molar-refractivity contribution in [2.45, 2.75) is 37.6 Å². The Morgan fingerprint density at radius 2 is 2.12 bits per heavy atom. The number of carbonyl (C=O) groups is 1. The lowest BCUT2D eigenvalue weighted by molar-refractivity contribution is -0.262. The minimum atomic E-state index is -1.35. The van der Waals surface area contributed by atoms with E-state index >= 15 is 0 Å². The number of hydrogen-bond donors (Lipinski definition) is 4. The van der Waals surface area contributed by atoms with Gasteiger partial charge in [-0.05, 0) is 30.2 Å². The van der Waals surface area contributed by atoms with Crippen LogP contribution in [0.15, 0.2) is 24.3 Å². The Labute approximate surface area is 150 Å². The van der Waals surface area contributed by atoms with Crippen LogP contribution in [0.4, 0.5) is 0 Å². The van der Waals surface area contributed by atoms with Crippen molar-refractivity contribution in [3.05, 3.63) is 40.4 Å². The number of hydrogen-bond acceptors (Lipinski definition) is 6. The van der Waals surface area contributed by atoms with Crippen molar-refractivity contribution in [2.24, 2.45) is 0 Å². The third kappa shape index (κ3) is 4.78. The number of ether oxygens (including phenoxy) is 2. The maximum Gasteiger partial charge on any atom is 0.244 e. The highest BCUT2D eigenvalue weighted by atomic mass is 35.5. The highest BCUT2D eigenvalue weighted by Crippen LogP contribution is 2.22. The van der Waals surface area contributed by atoms with Gasteiger partial charge in [0.1, 0.15) is 24.4 Å². The predicted molar refractivity (Wildman–Crippen MR) is 91.9 cm³/mol. The molecule has 1 aliphatic heterocycles. The lowest BCUT2D eigenvalue weighted by Gasteiger charge is -2.41. The van der Waals surface area contributed by atoms with Crippen LogP contribution in [0.5, 0.6) is 0 Å². The van der Waals surface area contributed by atoms with Gasteiger partial charge in [0.05, 0.1) is 6.61 Å². The van der Waals surface area contributed by atoms with Gasteiger partial charge in [-0.2, -0.15) is 0 Å². The van der Waals surface area contributed by atoms with Crippen LogP contribution < -0.4 is 5.32 Å². The zero-order valence-corrected chi connectivity index (χ0v) is 14.7. The quantitative estimate of drug-likeness (QED) is 0.552. The summed E-state index contributed by atoms with van der Waals surface area (Å²) in [7, 11) is 1.34. The highest BCUT2D eigenvalue weighted by molar-refractivity contribution is 6.31. The first kappa shape index (κ1) is 19.8. The molecule has 0 radical (unpaired) electrons. The van der Waals surface area contributed by atoms with Gasteiger partial charge < -0.3 is 30.1 Å². The van der Waals surface area contributed by atoms with Gasteiger partial charge in [0.15, 0.2) is 6.29 Å². The molecule has 25 heavy (non-hydrogen) atoms. The third-order valence-corrected chi connectivity index (χ3v) is 4.45. The molecule has 4 N–H and O–H groups in total. The molecule has 138 valence electrons. The summed E-state index contributed by atoms with van der Waals surface area (Å²) >= 11 is 6.04. The summed E-state index contributed by atoms with van der Waals surface area (Å²) in [6.07, 6.45) is -1.82. The molecule has 0 bridgehead atoms. The Morgan fingerprint density at radius 3 is 2.72 bits per heavy atom. The van der Waals surface area contributed by atoms with Gasteiger partial charge in [0, 0.05) is 18.2 Å².